The Morgan fingerprint density at radius 3 is 2.31 bits per heavy atom. The third-order valence-corrected chi connectivity index (χ3v) is 8.83. The normalized spacial score (nSPS) is 30.9. The maximum atomic E-state index is 13.7. The summed E-state index contributed by atoms with van der Waals surface area (Å²) in [4.78, 5) is 37.2. The number of ether oxygens (including phenoxy) is 3. The third-order valence-electron chi connectivity index (χ3n) is 5.79. The highest BCUT2D eigenvalue weighted by Crippen LogP contribution is 2.59. The van der Waals surface area contributed by atoms with Gasteiger partial charge >= 0.3 is 33.3 Å². The Hall–Kier alpha value is -0.410. The molecule has 1 saturated heterocycles. The summed E-state index contributed by atoms with van der Waals surface area (Å²) >= 11 is 6.06. The van der Waals surface area contributed by atoms with Crippen molar-refractivity contribution in [1.29, 1.82) is 0 Å². The first-order valence-corrected chi connectivity index (χ1v) is 13.5. The van der Waals surface area contributed by atoms with Gasteiger partial charge in [-0.15, -0.1) is 0 Å². The average molecular weight is 810 g/mol. The Balaban J connectivity index is 1.60. The Morgan fingerprint density at radius 1 is 1.16 bits per heavy atom. The fraction of sp³-hybridized carbons (Fsp3) is 0.471. The lowest BCUT2D eigenvalue weighted by atomic mass is 9.78. The zero-order chi connectivity index (χ0) is 23.7. The van der Waals surface area contributed by atoms with Crippen molar-refractivity contribution in [2.24, 2.45) is 23.7 Å². The van der Waals surface area contributed by atoms with Crippen LogP contribution in [-0.2, 0) is 34.0 Å². The molecule has 0 spiro atoms. The maximum Gasteiger partial charge on any atom is 0.465 e. The molecule has 6 atom stereocenters. The summed E-state index contributed by atoms with van der Waals surface area (Å²) in [7, 11) is -6.07. The van der Waals surface area contributed by atoms with Crippen LogP contribution in [0.5, 0.6) is 5.75 Å². The van der Waals surface area contributed by atoms with Crippen LogP contribution < -0.4 is 4.74 Å². The van der Waals surface area contributed by atoms with Crippen molar-refractivity contribution in [3.63, 3.8) is 0 Å². The van der Waals surface area contributed by atoms with Gasteiger partial charge in [0.1, 0.15) is 12.2 Å². The highest BCUT2D eigenvalue weighted by molar-refractivity contribution is 14.1. The molecule has 1 N–H and O–H groups in total. The molecule has 1 aromatic carbocycles. The number of hydrogen-bond donors (Lipinski definition) is 1. The molecule has 9 nitrogen and oxygen atoms in total. The van der Waals surface area contributed by atoms with E-state index in [0.29, 0.717) is 7.14 Å². The molecule has 3 aliphatic rings. The van der Waals surface area contributed by atoms with Crippen molar-refractivity contribution in [3.8, 4) is 5.75 Å². The molecule has 1 heterocycles. The summed E-state index contributed by atoms with van der Waals surface area (Å²) in [5.74, 6) is -7.26. The Kier molecular flexibility index (Phi) is 6.46. The standard InChI is InChI=1S/C17H11F2I3O9S/c18-17(19,32(26,27)28)16(25)31-12-6-3-5-9(14(23)29-11(5)12)10(6)15(24)30-13-7(21)1-4(20)2-8(13)22/h1-2,5-6,9-12H,3H2,(H,26,27,28). The van der Waals surface area contributed by atoms with E-state index in [9.17, 15) is 31.6 Å². The van der Waals surface area contributed by atoms with Gasteiger partial charge in [-0.1, -0.05) is 0 Å². The van der Waals surface area contributed by atoms with Gasteiger partial charge in [-0.2, -0.15) is 17.2 Å². The van der Waals surface area contributed by atoms with Crippen LogP contribution in [0.3, 0.4) is 0 Å². The van der Waals surface area contributed by atoms with Gasteiger partial charge in [0.05, 0.1) is 19.0 Å². The first-order chi connectivity index (χ1) is 14.7. The monoisotopic (exact) mass is 810 g/mol. The van der Waals surface area contributed by atoms with Gasteiger partial charge in [-0.05, 0) is 86.3 Å². The lowest BCUT2D eigenvalue weighted by Gasteiger charge is -2.30. The molecule has 0 radical (unpaired) electrons. The summed E-state index contributed by atoms with van der Waals surface area (Å²) in [5, 5.41) is -5.21. The lowest BCUT2D eigenvalue weighted by molar-refractivity contribution is -0.178. The molecule has 15 heteroatoms. The third kappa shape index (κ3) is 3.92. The molecule has 1 aliphatic heterocycles. The van der Waals surface area contributed by atoms with E-state index in [-0.39, 0.29) is 12.2 Å². The van der Waals surface area contributed by atoms with Crippen LogP contribution in [0.25, 0.3) is 0 Å². The van der Waals surface area contributed by atoms with E-state index in [1.165, 1.54) is 0 Å². The molecule has 1 aromatic rings. The molecule has 4 rings (SSSR count). The first kappa shape index (κ1) is 24.7. The van der Waals surface area contributed by atoms with Crippen LogP contribution in [0.2, 0.25) is 0 Å². The summed E-state index contributed by atoms with van der Waals surface area (Å²) in [6.07, 6.45) is -2.39. The van der Waals surface area contributed by atoms with Crippen LogP contribution in [0.15, 0.2) is 12.1 Å². The molecule has 174 valence electrons. The second kappa shape index (κ2) is 8.36. The molecule has 2 saturated carbocycles. The Bertz CT molecular complexity index is 1120. The number of fused-ring (bicyclic) bond motifs is 1. The smallest absolute Gasteiger partial charge is 0.458 e. The minimum atomic E-state index is -6.07. The van der Waals surface area contributed by atoms with Crippen LogP contribution in [-0.4, -0.2) is 48.3 Å². The van der Waals surface area contributed by atoms with Crippen molar-refractivity contribution in [2.45, 2.75) is 23.9 Å². The van der Waals surface area contributed by atoms with E-state index in [1.54, 1.807) is 12.1 Å². The molecule has 0 aromatic heterocycles. The largest absolute Gasteiger partial charge is 0.465 e. The molecular formula is C17H11F2I3O9S. The van der Waals surface area contributed by atoms with E-state index in [4.69, 9.17) is 18.8 Å². The van der Waals surface area contributed by atoms with E-state index in [1.807, 2.05) is 45.2 Å². The van der Waals surface area contributed by atoms with Crippen molar-refractivity contribution in [3.05, 3.63) is 22.8 Å². The maximum absolute atomic E-state index is 13.7. The van der Waals surface area contributed by atoms with E-state index >= 15 is 0 Å². The summed E-state index contributed by atoms with van der Waals surface area (Å²) in [6, 6.07) is 3.54. The fourth-order valence-corrected chi connectivity index (χ4v) is 8.62. The van der Waals surface area contributed by atoms with Crippen molar-refractivity contribution >= 4 is 95.8 Å². The van der Waals surface area contributed by atoms with Gasteiger partial charge < -0.3 is 14.2 Å². The Labute approximate surface area is 220 Å². The molecule has 32 heavy (non-hydrogen) atoms. The number of carbonyl (C=O) groups excluding carboxylic acids is 3. The van der Waals surface area contributed by atoms with Crippen LogP contribution in [0.1, 0.15) is 6.42 Å². The highest BCUT2D eigenvalue weighted by atomic mass is 127. The van der Waals surface area contributed by atoms with Crippen molar-refractivity contribution in [2.75, 3.05) is 0 Å². The molecule has 3 fully saturated rings. The summed E-state index contributed by atoms with van der Waals surface area (Å²) in [5.41, 5.74) is 0. The van der Waals surface area contributed by atoms with Crippen molar-refractivity contribution in [1.82, 2.24) is 0 Å². The SMILES string of the molecule is O=C1OC2C3CC(C2OC(=O)C(F)(F)S(=O)(=O)O)C(C(=O)Oc2c(I)cc(I)cc2I)C13. The van der Waals surface area contributed by atoms with E-state index in [2.05, 4.69) is 22.6 Å². The number of benzene rings is 1. The van der Waals surface area contributed by atoms with Gasteiger partial charge in [-0.3, -0.25) is 14.1 Å². The fourth-order valence-electron chi connectivity index (χ4n) is 4.56. The summed E-state index contributed by atoms with van der Waals surface area (Å²) < 4.78 is 75.3. The highest BCUT2D eigenvalue weighted by Gasteiger charge is 2.71. The van der Waals surface area contributed by atoms with Gasteiger partial charge in [0.25, 0.3) is 0 Å². The second-order valence-electron chi connectivity index (χ2n) is 7.50. The zero-order valence-corrected chi connectivity index (χ0v) is 22.6. The predicted octanol–water partition coefficient (Wildman–Crippen LogP) is 2.61. The number of halogens is 5. The van der Waals surface area contributed by atoms with Crippen LogP contribution in [0, 0.1) is 34.4 Å². The van der Waals surface area contributed by atoms with E-state index < -0.39 is 69.2 Å². The molecule has 2 bridgehead atoms. The summed E-state index contributed by atoms with van der Waals surface area (Å²) in [6.45, 7) is 0. The van der Waals surface area contributed by atoms with Gasteiger partial charge in [-0.25, -0.2) is 4.79 Å². The van der Waals surface area contributed by atoms with Gasteiger partial charge in [0.2, 0.25) is 0 Å². The number of rotatable bonds is 5. The molecular weight excluding hydrogens is 799 g/mol. The molecule has 0 amide bonds. The lowest BCUT2D eigenvalue weighted by Crippen LogP contribution is -2.48. The van der Waals surface area contributed by atoms with Crippen LogP contribution in [0.4, 0.5) is 8.78 Å². The molecule has 2 aliphatic carbocycles. The van der Waals surface area contributed by atoms with Gasteiger partial charge in [0, 0.05) is 15.4 Å². The van der Waals surface area contributed by atoms with Crippen molar-refractivity contribution < 1.29 is 50.3 Å². The number of carbonyl (C=O) groups is 3. The van der Waals surface area contributed by atoms with E-state index in [0.717, 1.165) is 3.57 Å². The average Bonchev–Trinajstić information content (AvgIpc) is 3.27. The molecule has 6 unspecified atom stereocenters. The number of esters is 3. The topological polar surface area (TPSA) is 133 Å². The predicted molar refractivity (Wildman–Crippen MR) is 125 cm³/mol. The number of alkyl halides is 2. The zero-order valence-electron chi connectivity index (χ0n) is 15.3. The second-order valence-corrected chi connectivity index (χ2v) is 12.5. The first-order valence-electron chi connectivity index (χ1n) is 8.86. The Morgan fingerprint density at radius 2 is 1.75 bits per heavy atom. The van der Waals surface area contributed by atoms with Crippen LogP contribution >= 0.6 is 67.8 Å². The minimum absolute atomic E-state index is 0.164. The van der Waals surface area contributed by atoms with Gasteiger partial charge in [0.15, 0.2) is 5.75 Å². The number of hydrogen-bond acceptors (Lipinski definition) is 8. The minimum Gasteiger partial charge on any atom is -0.458 e. The quantitative estimate of drug-likeness (QED) is 0.207.